The van der Waals surface area contributed by atoms with E-state index in [-0.39, 0.29) is 17.9 Å². The van der Waals surface area contributed by atoms with Crippen LogP contribution in [-0.2, 0) is 16.0 Å². The number of rotatable bonds is 2. The molecule has 0 aliphatic carbocycles. The van der Waals surface area contributed by atoms with Crippen molar-refractivity contribution < 1.29 is 9.59 Å². The number of amides is 2. The maximum absolute atomic E-state index is 11.8. The minimum atomic E-state index is -0.0580. The third-order valence-corrected chi connectivity index (χ3v) is 3.29. The molecule has 1 unspecified atom stereocenters. The highest BCUT2D eigenvalue weighted by Crippen LogP contribution is 2.30. The monoisotopic (exact) mass is 246 g/mol. The second kappa shape index (κ2) is 5.21. The third kappa shape index (κ3) is 2.53. The SMILES string of the molecule is CC(=O)NCC1CCc2ccccc2N1C(C)=O. The van der Waals surface area contributed by atoms with E-state index in [9.17, 15) is 9.59 Å². The first kappa shape index (κ1) is 12.6. The Hall–Kier alpha value is -1.84. The summed E-state index contributed by atoms with van der Waals surface area (Å²) in [5, 5.41) is 2.80. The largest absolute Gasteiger partial charge is 0.354 e. The van der Waals surface area contributed by atoms with Crippen molar-refractivity contribution in [2.24, 2.45) is 0 Å². The first-order chi connectivity index (χ1) is 8.59. The number of para-hydroxylation sites is 1. The van der Waals surface area contributed by atoms with Crippen molar-refractivity contribution in [3.05, 3.63) is 29.8 Å². The maximum Gasteiger partial charge on any atom is 0.224 e. The van der Waals surface area contributed by atoms with Crippen LogP contribution in [0.15, 0.2) is 24.3 Å². The van der Waals surface area contributed by atoms with Gasteiger partial charge in [0.15, 0.2) is 0 Å². The molecular formula is C14H18N2O2. The standard InChI is InChI=1S/C14H18N2O2/c1-10(17)15-9-13-8-7-12-5-3-4-6-14(12)16(13)11(2)18/h3-6,13H,7-9H2,1-2H3,(H,15,17). The highest BCUT2D eigenvalue weighted by Gasteiger charge is 2.28. The van der Waals surface area contributed by atoms with Crippen molar-refractivity contribution >= 4 is 17.5 Å². The average molecular weight is 246 g/mol. The van der Waals surface area contributed by atoms with Crippen LogP contribution in [-0.4, -0.2) is 24.4 Å². The molecule has 0 fully saturated rings. The van der Waals surface area contributed by atoms with Gasteiger partial charge in [-0.15, -0.1) is 0 Å². The molecule has 4 heteroatoms. The summed E-state index contributed by atoms with van der Waals surface area (Å²) >= 11 is 0. The van der Waals surface area contributed by atoms with E-state index in [4.69, 9.17) is 0 Å². The highest BCUT2D eigenvalue weighted by atomic mass is 16.2. The number of carbonyl (C=O) groups excluding carboxylic acids is 2. The summed E-state index contributed by atoms with van der Waals surface area (Å²) in [7, 11) is 0. The van der Waals surface area contributed by atoms with Gasteiger partial charge in [-0.2, -0.15) is 0 Å². The minimum absolute atomic E-state index is 0.0255. The van der Waals surface area contributed by atoms with Crippen LogP contribution in [0.1, 0.15) is 25.8 Å². The van der Waals surface area contributed by atoms with Crippen LogP contribution < -0.4 is 10.2 Å². The normalized spacial score (nSPS) is 18.1. The Morgan fingerprint density at radius 3 is 2.72 bits per heavy atom. The molecule has 1 atom stereocenters. The lowest BCUT2D eigenvalue weighted by Crippen LogP contribution is -2.48. The Morgan fingerprint density at radius 2 is 2.06 bits per heavy atom. The van der Waals surface area contributed by atoms with E-state index in [1.54, 1.807) is 11.8 Å². The lowest BCUT2D eigenvalue weighted by Gasteiger charge is -2.36. The zero-order valence-corrected chi connectivity index (χ0v) is 10.8. The number of aryl methyl sites for hydroxylation is 1. The van der Waals surface area contributed by atoms with Crippen molar-refractivity contribution in [2.75, 3.05) is 11.4 Å². The summed E-state index contributed by atoms with van der Waals surface area (Å²) in [4.78, 5) is 24.6. The molecule has 2 rings (SSSR count). The van der Waals surface area contributed by atoms with Crippen LogP contribution in [0.3, 0.4) is 0 Å². The van der Waals surface area contributed by atoms with Crippen LogP contribution >= 0.6 is 0 Å². The molecule has 4 nitrogen and oxygen atoms in total. The first-order valence-electron chi connectivity index (χ1n) is 6.21. The number of nitrogens with zero attached hydrogens (tertiary/aromatic N) is 1. The van der Waals surface area contributed by atoms with Crippen LogP contribution in [0.25, 0.3) is 0 Å². The molecule has 1 aromatic rings. The van der Waals surface area contributed by atoms with Crippen molar-refractivity contribution in [1.29, 1.82) is 0 Å². The molecule has 0 saturated heterocycles. The number of anilines is 1. The second-order valence-electron chi connectivity index (χ2n) is 4.65. The first-order valence-corrected chi connectivity index (χ1v) is 6.21. The predicted molar refractivity (Wildman–Crippen MR) is 70.4 cm³/mol. The van der Waals surface area contributed by atoms with Crippen molar-refractivity contribution in [3.63, 3.8) is 0 Å². The maximum atomic E-state index is 11.8. The van der Waals surface area contributed by atoms with Crippen molar-refractivity contribution in [3.8, 4) is 0 Å². The lowest BCUT2D eigenvalue weighted by atomic mass is 9.95. The predicted octanol–water partition coefficient (Wildman–Crippen LogP) is 1.49. The Balaban J connectivity index is 2.24. The van der Waals surface area contributed by atoms with Gasteiger partial charge < -0.3 is 10.2 Å². The van der Waals surface area contributed by atoms with Crippen molar-refractivity contribution in [2.45, 2.75) is 32.7 Å². The molecule has 0 saturated carbocycles. The van der Waals surface area contributed by atoms with Gasteiger partial charge in [-0.25, -0.2) is 0 Å². The van der Waals surface area contributed by atoms with Crippen LogP contribution in [0, 0.1) is 0 Å². The summed E-state index contributed by atoms with van der Waals surface area (Å²) in [6.07, 6.45) is 1.83. The van der Waals surface area contributed by atoms with E-state index < -0.39 is 0 Å². The van der Waals surface area contributed by atoms with E-state index in [1.165, 1.54) is 12.5 Å². The number of carbonyl (C=O) groups is 2. The number of hydrogen-bond donors (Lipinski definition) is 1. The molecule has 0 radical (unpaired) electrons. The Labute approximate surface area is 107 Å². The summed E-state index contributed by atoms with van der Waals surface area (Å²) in [5.74, 6) is -0.0325. The fourth-order valence-electron chi connectivity index (χ4n) is 2.49. The molecular weight excluding hydrogens is 228 g/mol. The quantitative estimate of drug-likeness (QED) is 0.859. The van der Waals surface area contributed by atoms with Gasteiger partial charge in [0.05, 0.1) is 6.04 Å². The Kier molecular flexibility index (Phi) is 3.65. The molecule has 1 aliphatic heterocycles. The minimum Gasteiger partial charge on any atom is -0.354 e. The van der Waals surface area contributed by atoms with Crippen LogP contribution in [0.5, 0.6) is 0 Å². The number of nitrogens with one attached hydrogen (secondary N) is 1. The Morgan fingerprint density at radius 1 is 1.33 bits per heavy atom. The number of fused-ring (bicyclic) bond motifs is 1. The molecule has 0 bridgehead atoms. The molecule has 1 aliphatic rings. The molecule has 2 amide bonds. The molecule has 1 aromatic carbocycles. The van der Waals surface area contributed by atoms with Crippen LogP contribution in [0.2, 0.25) is 0 Å². The molecule has 1 N–H and O–H groups in total. The zero-order valence-electron chi connectivity index (χ0n) is 10.8. The topological polar surface area (TPSA) is 49.4 Å². The van der Waals surface area contributed by atoms with E-state index in [2.05, 4.69) is 11.4 Å². The van der Waals surface area contributed by atoms with Gasteiger partial charge in [-0.05, 0) is 24.5 Å². The average Bonchev–Trinajstić information content (AvgIpc) is 2.35. The summed E-state index contributed by atoms with van der Waals surface area (Å²) in [6.45, 7) is 3.58. The molecule has 18 heavy (non-hydrogen) atoms. The van der Waals surface area contributed by atoms with Crippen LogP contribution in [0.4, 0.5) is 5.69 Å². The molecule has 96 valence electrons. The van der Waals surface area contributed by atoms with Gasteiger partial charge in [0.2, 0.25) is 11.8 Å². The Bertz CT molecular complexity index is 471. The van der Waals surface area contributed by atoms with E-state index in [0.717, 1.165) is 18.5 Å². The van der Waals surface area contributed by atoms with Gasteiger partial charge in [-0.3, -0.25) is 9.59 Å². The van der Waals surface area contributed by atoms with E-state index in [0.29, 0.717) is 6.54 Å². The summed E-state index contributed by atoms with van der Waals surface area (Å²) < 4.78 is 0. The molecule has 0 aromatic heterocycles. The van der Waals surface area contributed by atoms with Gasteiger partial charge >= 0.3 is 0 Å². The third-order valence-electron chi connectivity index (χ3n) is 3.29. The van der Waals surface area contributed by atoms with E-state index in [1.807, 2.05) is 18.2 Å². The second-order valence-corrected chi connectivity index (χ2v) is 4.65. The van der Waals surface area contributed by atoms with E-state index >= 15 is 0 Å². The van der Waals surface area contributed by atoms with Gasteiger partial charge in [0.1, 0.15) is 0 Å². The summed E-state index contributed by atoms with van der Waals surface area (Å²) in [5.41, 5.74) is 2.18. The van der Waals surface area contributed by atoms with Gasteiger partial charge in [-0.1, -0.05) is 18.2 Å². The number of benzene rings is 1. The summed E-state index contributed by atoms with van der Waals surface area (Å²) in [6, 6.07) is 8.01. The van der Waals surface area contributed by atoms with Gasteiger partial charge in [0.25, 0.3) is 0 Å². The fraction of sp³-hybridized carbons (Fsp3) is 0.429. The highest BCUT2D eigenvalue weighted by molar-refractivity contribution is 5.93. The molecule has 0 spiro atoms. The smallest absolute Gasteiger partial charge is 0.224 e. The number of hydrogen-bond acceptors (Lipinski definition) is 2. The van der Waals surface area contributed by atoms with Crippen molar-refractivity contribution in [1.82, 2.24) is 5.32 Å². The zero-order chi connectivity index (χ0) is 13.1. The van der Waals surface area contributed by atoms with Gasteiger partial charge in [0, 0.05) is 26.1 Å². The fourth-order valence-corrected chi connectivity index (χ4v) is 2.49. The lowest BCUT2D eigenvalue weighted by molar-refractivity contribution is -0.120. The molecule has 1 heterocycles.